The van der Waals surface area contributed by atoms with E-state index in [0.29, 0.717) is 0 Å². The number of anilines is 1. The fraction of sp³-hybridized carbons (Fsp3) is 0.111. The maximum Gasteiger partial charge on any atom is 0.281 e. The number of aryl methyl sites for hydroxylation is 1. The molecule has 0 bridgehead atoms. The molecule has 0 spiro atoms. The summed E-state index contributed by atoms with van der Waals surface area (Å²) in [5.41, 5.74) is -0.105. The molecule has 0 atom stereocenters. The van der Waals surface area contributed by atoms with Crippen molar-refractivity contribution in [3.63, 3.8) is 0 Å². The summed E-state index contributed by atoms with van der Waals surface area (Å²) >= 11 is 2.94. The molecule has 0 saturated carbocycles. The molecule has 0 unspecified atom stereocenters. The third-order valence-electron chi connectivity index (χ3n) is 2.16. The zero-order valence-corrected chi connectivity index (χ0v) is 11.8. The van der Waals surface area contributed by atoms with Crippen molar-refractivity contribution >= 4 is 31.6 Å². The Morgan fingerprint density at radius 3 is 2.53 bits per heavy atom. The molecule has 0 aliphatic rings. The average Bonchev–Trinajstić information content (AvgIpc) is 2.64. The van der Waals surface area contributed by atoms with E-state index in [2.05, 4.69) is 31.0 Å². The first-order valence-electron chi connectivity index (χ1n) is 4.84. The molecule has 6 nitrogen and oxygen atoms in total. The highest BCUT2D eigenvalue weighted by molar-refractivity contribution is 9.10. The van der Waals surface area contributed by atoms with Gasteiger partial charge in [0, 0.05) is 13.1 Å². The van der Waals surface area contributed by atoms with Crippen molar-refractivity contribution in [1.82, 2.24) is 15.0 Å². The van der Waals surface area contributed by atoms with Crippen LogP contribution in [0.2, 0.25) is 0 Å². The molecule has 0 aliphatic carbocycles. The van der Waals surface area contributed by atoms with Crippen molar-refractivity contribution in [2.45, 2.75) is 5.03 Å². The minimum absolute atomic E-state index is 0.0186. The van der Waals surface area contributed by atoms with Gasteiger partial charge in [0.25, 0.3) is 10.0 Å². The van der Waals surface area contributed by atoms with E-state index in [1.165, 1.54) is 7.05 Å². The molecule has 1 aromatic carbocycles. The van der Waals surface area contributed by atoms with E-state index in [4.69, 9.17) is 0 Å². The fourth-order valence-electron chi connectivity index (χ4n) is 1.37. The van der Waals surface area contributed by atoms with Gasteiger partial charge < -0.3 is 0 Å². The molecule has 2 aromatic rings. The lowest BCUT2D eigenvalue weighted by Crippen LogP contribution is -2.17. The minimum atomic E-state index is -4.01. The number of sulfonamides is 1. The van der Waals surface area contributed by atoms with Crippen LogP contribution in [0, 0.1) is 11.6 Å². The second kappa shape index (κ2) is 4.85. The Morgan fingerprint density at radius 2 is 2.00 bits per heavy atom. The van der Waals surface area contributed by atoms with Crippen LogP contribution < -0.4 is 4.72 Å². The first-order valence-corrected chi connectivity index (χ1v) is 7.12. The van der Waals surface area contributed by atoms with Gasteiger partial charge in [-0.3, -0.25) is 4.72 Å². The smallest absolute Gasteiger partial charge is 0.278 e. The van der Waals surface area contributed by atoms with E-state index in [0.717, 1.165) is 22.9 Å². The highest BCUT2D eigenvalue weighted by Crippen LogP contribution is 2.22. The molecule has 0 radical (unpaired) electrons. The number of benzene rings is 1. The highest BCUT2D eigenvalue weighted by Gasteiger charge is 2.24. The van der Waals surface area contributed by atoms with Crippen LogP contribution in [-0.2, 0) is 17.1 Å². The second-order valence-electron chi connectivity index (χ2n) is 3.54. The zero-order chi connectivity index (χ0) is 14.2. The Morgan fingerprint density at radius 1 is 1.32 bits per heavy atom. The quantitative estimate of drug-likeness (QED) is 0.911. The molecule has 1 aromatic heterocycles. The minimum Gasteiger partial charge on any atom is -0.278 e. The summed E-state index contributed by atoms with van der Waals surface area (Å²) in [6.45, 7) is 0. The monoisotopic (exact) mass is 352 g/mol. The van der Waals surface area contributed by atoms with Gasteiger partial charge in [-0.25, -0.2) is 13.5 Å². The Balaban J connectivity index is 2.39. The van der Waals surface area contributed by atoms with Crippen LogP contribution >= 0.6 is 15.9 Å². The number of aromatic nitrogens is 3. The number of hydrogen-bond acceptors (Lipinski definition) is 4. The molecule has 0 amide bonds. The van der Waals surface area contributed by atoms with Crippen LogP contribution in [0.15, 0.2) is 27.8 Å². The lowest BCUT2D eigenvalue weighted by Gasteiger charge is -2.08. The molecular weight excluding hydrogens is 346 g/mol. The molecule has 19 heavy (non-hydrogen) atoms. The van der Waals surface area contributed by atoms with E-state index in [9.17, 15) is 17.2 Å². The summed E-state index contributed by atoms with van der Waals surface area (Å²) in [6, 6.07) is 2.67. The molecule has 1 heterocycles. The maximum atomic E-state index is 13.0. The molecule has 10 heteroatoms. The molecule has 2 rings (SSSR count). The van der Waals surface area contributed by atoms with E-state index < -0.39 is 21.7 Å². The summed E-state index contributed by atoms with van der Waals surface area (Å²) in [5.74, 6) is -2.21. The third kappa shape index (κ3) is 2.73. The zero-order valence-electron chi connectivity index (χ0n) is 9.43. The maximum absolute atomic E-state index is 13.0. The van der Waals surface area contributed by atoms with Gasteiger partial charge in [0.2, 0.25) is 5.03 Å². The summed E-state index contributed by atoms with van der Waals surface area (Å²) in [7, 11) is -2.62. The lowest BCUT2D eigenvalue weighted by molar-refractivity contribution is 0.509. The van der Waals surface area contributed by atoms with Gasteiger partial charge in [-0.1, -0.05) is 5.21 Å². The van der Waals surface area contributed by atoms with Crippen molar-refractivity contribution in [1.29, 1.82) is 0 Å². The van der Waals surface area contributed by atoms with E-state index in [-0.39, 0.29) is 15.3 Å². The Labute approximate surface area is 115 Å². The van der Waals surface area contributed by atoms with Crippen LogP contribution in [0.25, 0.3) is 0 Å². The summed E-state index contributed by atoms with van der Waals surface area (Å²) in [4.78, 5) is 0. The van der Waals surface area contributed by atoms with Crippen LogP contribution in [0.5, 0.6) is 0 Å². The van der Waals surface area contributed by atoms with Crippen molar-refractivity contribution in [2.75, 3.05) is 4.72 Å². The first-order chi connectivity index (χ1) is 8.81. The van der Waals surface area contributed by atoms with Crippen LogP contribution in [0.1, 0.15) is 0 Å². The fourth-order valence-corrected chi connectivity index (χ4v) is 3.52. The van der Waals surface area contributed by atoms with Crippen LogP contribution in [0.4, 0.5) is 14.5 Å². The van der Waals surface area contributed by atoms with Crippen molar-refractivity contribution in [3.05, 3.63) is 34.4 Å². The number of hydrogen-bond donors (Lipinski definition) is 1. The van der Waals surface area contributed by atoms with E-state index >= 15 is 0 Å². The topological polar surface area (TPSA) is 76.9 Å². The molecule has 102 valence electrons. The predicted octanol–water partition coefficient (Wildman–Crippen LogP) is 1.66. The summed E-state index contributed by atoms with van der Waals surface area (Å²) in [5, 5.41) is 6.83. The van der Waals surface area contributed by atoms with Crippen LogP contribution in [-0.4, -0.2) is 23.4 Å². The summed E-state index contributed by atoms with van der Waals surface area (Å²) < 4.78 is 53.0. The van der Waals surface area contributed by atoms with Crippen LogP contribution in [0.3, 0.4) is 0 Å². The molecule has 0 aliphatic heterocycles. The first kappa shape index (κ1) is 13.9. The SMILES string of the molecule is Cn1nnc(Br)c1S(=O)(=O)Nc1ccc(F)c(F)c1. The van der Waals surface area contributed by atoms with Gasteiger partial charge >= 0.3 is 0 Å². The van der Waals surface area contributed by atoms with Crippen molar-refractivity contribution < 1.29 is 17.2 Å². The lowest BCUT2D eigenvalue weighted by atomic mass is 10.3. The molecule has 0 saturated heterocycles. The van der Waals surface area contributed by atoms with Crippen molar-refractivity contribution in [3.8, 4) is 0 Å². The average molecular weight is 353 g/mol. The standard InChI is InChI=1S/C9H7BrF2N4O2S/c1-16-9(8(10)13-15-16)19(17,18)14-5-2-3-6(11)7(12)4-5/h2-4,14H,1H3. The molecule has 1 N–H and O–H groups in total. The van der Waals surface area contributed by atoms with Gasteiger partial charge in [-0.2, -0.15) is 8.42 Å². The number of halogens is 3. The van der Waals surface area contributed by atoms with E-state index in [1.54, 1.807) is 0 Å². The Hall–Kier alpha value is -1.55. The normalized spacial score (nSPS) is 11.6. The van der Waals surface area contributed by atoms with Crippen molar-refractivity contribution in [2.24, 2.45) is 7.05 Å². The molecule has 0 fully saturated rings. The highest BCUT2D eigenvalue weighted by atomic mass is 79.9. The predicted molar refractivity (Wildman–Crippen MR) is 65.9 cm³/mol. The van der Waals surface area contributed by atoms with Gasteiger partial charge in [-0.15, -0.1) is 5.10 Å². The summed E-state index contributed by atoms with van der Waals surface area (Å²) in [6.07, 6.45) is 0. The third-order valence-corrected chi connectivity index (χ3v) is 4.43. The Kier molecular flexibility index (Phi) is 3.54. The van der Waals surface area contributed by atoms with Gasteiger partial charge in [-0.05, 0) is 28.1 Å². The number of nitrogens with zero attached hydrogens (tertiary/aromatic N) is 3. The largest absolute Gasteiger partial charge is 0.281 e. The number of nitrogens with one attached hydrogen (secondary N) is 1. The van der Waals surface area contributed by atoms with E-state index in [1.807, 2.05) is 0 Å². The van der Waals surface area contributed by atoms with Gasteiger partial charge in [0.05, 0.1) is 5.69 Å². The van der Waals surface area contributed by atoms with Gasteiger partial charge in [0.1, 0.15) is 0 Å². The second-order valence-corrected chi connectivity index (χ2v) is 5.89. The molecular formula is C9H7BrF2N4O2S. The number of rotatable bonds is 3. The van der Waals surface area contributed by atoms with Gasteiger partial charge in [0.15, 0.2) is 16.2 Å². The Bertz CT molecular complexity index is 712.